The zero-order chi connectivity index (χ0) is 21.3. The van der Waals surface area contributed by atoms with E-state index in [1.807, 2.05) is 48.5 Å². The van der Waals surface area contributed by atoms with Gasteiger partial charge in [0.2, 0.25) is 5.91 Å². The number of thioether (sulfide) groups is 1. The number of carbonyl (C=O) groups is 1. The van der Waals surface area contributed by atoms with Gasteiger partial charge in [0.15, 0.2) is 5.17 Å². The number of ether oxygens (including phenoxy) is 2. The second-order valence-corrected chi connectivity index (χ2v) is 8.09. The smallest absolute Gasteiger partial charge is 0.242 e. The van der Waals surface area contributed by atoms with Crippen molar-refractivity contribution in [3.63, 3.8) is 0 Å². The Kier molecular flexibility index (Phi) is 7.90. The van der Waals surface area contributed by atoms with E-state index in [2.05, 4.69) is 17.1 Å². The number of hydrogen-bond acceptors (Lipinski definition) is 6. The van der Waals surface area contributed by atoms with Crippen LogP contribution in [0.5, 0.6) is 11.5 Å². The topological polar surface area (TPSA) is 63.5 Å². The Morgan fingerprint density at radius 2 is 1.67 bits per heavy atom. The molecule has 1 atom stereocenters. The molecule has 1 fully saturated rings. The van der Waals surface area contributed by atoms with Gasteiger partial charge in [-0.1, -0.05) is 43.7 Å². The summed E-state index contributed by atoms with van der Waals surface area (Å²) < 4.78 is 10.4. The van der Waals surface area contributed by atoms with Crippen molar-refractivity contribution >= 4 is 29.1 Å². The first-order chi connectivity index (χ1) is 14.6. The van der Waals surface area contributed by atoms with Gasteiger partial charge in [-0.2, -0.15) is 5.10 Å². The fraction of sp³-hybridized carbons (Fsp3) is 0.348. The van der Waals surface area contributed by atoms with Crippen molar-refractivity contribution in [3.05, 3.63) is 59.7 Å². The maximum atomic E-state index is 13.0. The van der Waals surface area contributed by atoms with E-state index in [0.717, 1.165) is 41.9 Å². The molecule has 1 heterocycles. The second kappa shape index (κ2) is 10.8. The number of benzene rings is 2. The number of hydrogen-bond donors (Lipinski definition) is 0. The van der Waals surface area contributed by atoms with Crippen molar-refractivity contribution in [2.75, 3.05) is 14.2 Å². The standard InChI is InChI=1S/C23H27N3O3S/c1-4-5-6-21-22(27)26(16-18-9-13-20(29-3)14-10-18)23(30-21)25-24-15-17-7-11-19(28-2)12-8-17/h7-15,21H,4-6,16H2,1-3H3/b24-15-,25-23-/t21-/m1/s1. The number of carbonyl (C=O) groups excluding carboxylic acids is 1. The molecule has 1 aliphatic heterocycles. The largest absolute Gasteiger partial charge is 0.497 e. The first kappa shape index (κ1) is 21.9. The maximum Gasteiger partial charge on any atom is 0.242 e. The van der Waals surface area contributed by atoms with Crippen LogP contribution < -0.4 is 9.47 Å². The molecule has 6 nitrogen and oxygen atoms in total. The Hall–Kier alpha value is -2.80. The van der Waals surface area contributed by atoms with Gasteiger partial charge in [-0.05, 0) is 53.9 Å². The van der Waals surface area contributed by atoms with Crippen LogP contribution in [0, 0.1) is 0 Å². The van der Waals surface area contributed by atoms with Gasteiger partial charge in [-0.25, -0.2) is 0 Å². The molecule has 1 aliphatic rings. The average molecular weight is 426 g/mol. The SMILES string of the molecule is CCCC[C@H]1S/C(=N\N=C/c2ccc(OC)cc2)N(Cc2ccc(OC)cc2)C1=O. The van der Waals surface area contributed by atoms with Crippen LogP contribution in [0.1, 0.15) is 37.3 Å². The third-order valence-electron chi connectivity index (χ3n) is 4.81. The van der Waals surface area contributed by atoms with E-state index in [-0.39, 0.29) is 11.2 Å². The lowest BCUT2D eigenvalue weighted by atomic mass is 10.1. The fourth-order valence-electron chi connectivity index (χ4n) is 3.05. The third kappa shape index (κ3) is 5.63. The Morgan fingerprint density at radius 3 is 2.27 bits per heavy atom. The van der Waals surface area contributed by atoms with Crippen molar-refractivity contribution in [2.45, 2.75) is 38.0 Å². The number of amides is 1. The Balaban J connectivity index is 1.77. The molecule has 0 bridgehead atoms. The predicted molar refractivity (Wildman–Crippen MR) is 122 cm³/mol. The molecule has 2 aromatic carbocycles. The van der Waals surface area contributed by atoms with E-state index < -0.39 is 0 Å². The van der Waals surface area contributed by atoms with Gasteiger partial charge in [-0.3, -0.25) is 9.69 Å². The van der Waals surface area contributed by atoms with E-state index in [9.17, 15) is 4.79 Å². The summed E-state index contributed by atoms with van der Waals surface area (Å²) in [5.74, 6) is 1.68. The molecule has 0 aromatic heterocycles. The summed E-state index contributed by atoms with van der Waals surface area (Å²) in [6.07, 6.45) is 4.61. The maximum absolute atomic E-state index is 13.0. The first-order valence-electron chi connectivity index (χ1n) is 10.0. The Labute approximate surface area is 182 Å². The highest BCUT2D eigenvalue weighted by molar-refractivity contribution is 8.15. The quantitative estimate of drug-likeness (QED) is 0.430. The van der Waals surface area contributed by atoms with Crippen LogP contribution in [-0.4, -0.2) is 41.7 Å². The molecule has 7 heteroatoms. The van der Waals surface area contributed by atoms with Crippen molar-refractivity contribution < 1.29 is 14.3 Å². The zero-order valence-corrected chi connectivity index (χ0v) is 18.4. The summed E-state index contributed by atoms with van der Waals surface area (Å²) in [5.41, 5.74) is 1.94. The van der Waals surface area contributed by atoms with Gasteiger partial charge in [0, 0.05) is 0 Å². The lowest BCUT2D eigenvalue weighted by Gasteiger charge is -2.16. The summed E-state index contributed by atoms with van der Waals surface area (Å²) in [5, 5.41) is 9.16. The Morgan fingerprint density at radius 1 is 1.03 bits per heavy atom. The van der Waals surface area contributed by atoms with Gasteiger partial charge in [0.25, 0.3) is 0 Å². The number of methoxy groups -OCH3 is 2. The van der Waals surface area contributed by atoms with Gasteiger partial charge >= 0.3 is 0 Å². The van der Waals surface area contributed by atoms with E-state index in [4.69, 9.17) is 9.47 Å². The van der Waals surface area contributed by atoms with Gasteiger partial charge in [-0.15, -0.1) is 5.10 Å². The molecule has 2 aromatic rings. The van der Waals surface area contributed by atoms with Crippen molar-refractivity contribution in [3.8, 4) is 11.5 Å². The molecular formula is C23H27N3O3S. The summed E-state index contributed by atoms with van der Waals surface area (Å²) >= 11 is 1.50. The van der Waals surface area contributed by atoms with Crippen LogP contribution in [0.25, 0.3) is 0 Å². The lowest BCUT2D eigenvalue weighted by molar-refractivity contribution is -0.126. The second-order valence-electron chi connectivity index (χ2n) is 6.92. The fourth-order valence-corrected chi connectivity index (χ4v) is 4.20. The van der Waals surface area contributed by atoms with Crippen LogP contribution in [-0.2, 0) is 11.3 Å². The molecule has 1 saturated heterocycles. The first-order valence-corrected chi connectivity index (χ1v) is 10.9. The van der Waals surface area contributed by atoms with Gasteiger partial charge in [0.05, 0.1) is 32.2 Å². The molecule has 0 unspecified atom stereocenters. The van der Waals surface area contributed by atoms with Crippen LogP contribution in [0.15, 0.2) is 58.7 Å². The van der Waals surface area contributed by atoms with Gasteiger partial charge in [0.1, 0.15) is 11.5 Å². The summed E-state index contributed by atoms with van der Waals surface area (Å²) in [6.45, 7) is 2.60. The van der Waals surface area contributed by atoms with Crippen LogP contribution in [0.2, 0.25) is 0 Å². The molecular weight excluding hydrogens is 398 g/mol. The number of unbranched alkanes of at least 4 members (excludes halogenated alkanes) is 1. The number of amidine groups is 1. The minimum absolute atomic E-state index is 0.0989. The van der Waals surface area contributed by atoms with Crippen molar-refractivity contribution in [1.82, 2.24) is 4.90 Å². The number of rotatable bonds is 9. The van der Waals surface area contributed by atoms with E-state index in [1.54, 1.807) is 25.3 Å². The van der Waals surface area contributed by atoms with Gasteiger partial charge < -0.3 is 9.47 Å². The highest BCUT2D eigenvalue weighted by atomic mass is 32.2. The van der Waals surface area contributed by atoms with E-state index in [1.165, 1.54) is 11.8 Å². The summed E-state index contributed by atoms with van der Waals surface area (Å²) in [7, 11) is 3.27. The highest BCUT2D eigenvalue weighted by Gasteiger charge is 2.37. The monoisotopic (exact) mass is 425 g/mol. The minimum atomic E-state index is -0.0989. The molecule has 0 N–H and O–H groups in total. The van der Waals surface area contributed by atoms with Crippen LogP contribution >= 0.6 is 11.8 Å². The molecule has 3 rings (SSSR count). The van der Waals surface area contributed by atoms with E-state index in [0.29, 0.717) is 11.7 Å². The molecule has 0 radical (unpaired) electrons. The molecule has 0 aliphatic carbocycles. The molecule has 1 amide bonds. The molecule has 158 valence electrons. The van der Waals surface area contributed by atoms with Crippen LogP contribution in [0.4, 0.5) is 0 Å². The normalized spacial score (nSPS) is 17.8. The summed E-state index contributed by atoms with van der Waals surface area (Å²) in [4.78, 5) is 14.7. The van der Waals surface area contributed by atoms with E-state index >= 15 is 0 Å². The lowest BCUT2D eigenvalue weighted by Crippen LogP contribution is -2.31. The third-order valence-corrected chi connectivity index (χ3v) is 6.04. The molecule has 0 spiro atoms. The molecule has 0 saturated carbocycles. The Bertz CT molecular complexity index is 895. The predicted octanol–water partition coefficient (Wildman–Crippen LogP) is 4.73. The van der Waals surface area contributed by atoms with Crippen molar-refractivity contribution in [2.24, 2.45) is 10.2 Å². The zero-order valence-electron chi connectivity index (χ0n) is 17.6. The average Bonchev–Trinajstić information content (AvgIpc) is 3.07. The number of nitrogens with zero attached hydrogens (tertiary/aromatic N) is 3. The summed E-state index contributed by atoms with van der Waals surface area (Å²) in [6, 6.07) is 15.3. The molecule has 30 heavy (non-hydrogen) atoms. The van der Waals surface area contributed by atoms with Crippen molar-refractivity contribution in [1.29, 1.82) is 0 Å². The van der Waals surface area contributed by atoms with Crippen LogP contribution in [0.3, 0.4) is 0 Å². The minimum Gasteiger partial charge on any atom is -0.497 e. The highest BCUT2D eigenvalue weighted by Crippen LogP contribution is 2.32.